The molecule has 0 saturated carbocycles. The third kappa shape index (κ3) is 2.95. The molecule has 5 nitrogen and oxygen atoms in total. The molecule has 0 N–H and O–H groups in total. The van der Waals surface area contributed by atoms with Crippen molar-refractivity contribution in [3.63, 3.8) is 0 Å². The number of allylic oxidation sites excluding steroid dienone is 1. The predicted molar refractivity (Wildman–Crippen MR) is 42.2 cm³/mol. The van der Waals surface area contributed by atoms with E-state index < -0.39 is 11.8 Å². The van der Waals surface area contributed by atoms with Crippen molar-refractivity contribution in [3.8, 4) is 0 Å². The standard InChI is InChI=1S/C8H12O5/c1-5(6-10-7(9)11-6)12-13-8(2,3)4/h1-4H3. The summed E-state index contributed by atoms with van der Waals surface area (Å²) in [6.07, 6.45) is -0.728. The highest BCUT2D eigenvalue weighted by Crippen LogP contribution is 2.21. The molecule has 0 radical (unpaired) electrons. The summed E-state index contributed by atoms with van der Waals surface area (Å²) in [5.41, 5.74) is -0.421. The van der Waals surface area contributed by atoms with Crippen LogP contribution in [0.2, 0.25) is 0 Å². The zero-order chi connectivity index (χ0) is 10.1. The molecule has 0 aromatic carbocycles. The molecule has 0 spiro atoms. The van der Waals surface area contributed by atoms with Crippen LogP contribution in [-0.4, -0.2) is 11.8 Å². The lowest BCUT2D eigenvalue weighted by Gasteiger charge is -2.21. The van der Waals surface area contributed by atoms with Gasteiger partial charge in [0.2, 0.25) is 5.76 Å². The fourth-order valence-corrected chi connectivity index (χ4v) is 0.524. The van der Waals surface area contributed by atoms with Gasteiger partial charge >= 0.3 is 12.1 Å². The van der Waals surface area contributed by atoms with Gasteiger partial charge in [0.15, 0.2) is 0 Å². The Kier molecular flexibility index (Phi) is 2.47. The zero-order valence-electron chi connectivity index (χ0n) is 8.04. The Bertz CT molecular complexity index is 238. The third-order valence-electron chi connectivity index (χ3n) is 1.06. The van der Waals surface area contributed by atoms with Gasteiger partial charge in [-0.2, -0.15) is 4.89 Å². The highest BCUT2D eigenvalue weighted by Gasteiger charge is 2.29. The summed E-state index contributed by atoms with van der Waals surface area (Å²) in [7, 11) is 0. The Morgan fingerprint density at radius 2 is 1.85 bits per heavy atom. The van der Waals surface area contributed by atoms with E-state index in [9.17, 15) is 4.79 Å². The van der Waals surface area contributed by atoms with Crippen molar-refractivity contribution >= 4 is 6.16 Å². The topological polar surface area (TPSA) is 54.0 Å². The third-order valence-corrected chi connectivity index (χ3v) is 1.06. The van der Waals surface area contributed by atoms with E-state index in [2.05, 4.69) is 9.47 Å². The van der Waals surface area contributed by atoms with E-state index in [1.807, 2.05) is 20.8 Å². The van der Waals surface area contributed by atoms with Crippen LogP contribution in [0.3, 0.4) is 0 Å². The van der Waals surface area contributed by atoms with Crippen LogP contribution in [0.4, 0.5) is 4.79 Å². The Morgan fingerprint density at radius 3 is 2.23 bits per heavy atom. The average Bonchev–Trinajstić information content (AvgIpc) is 1.93. The van der Waals surface area contributed by atoms with Crippen molar-refractivity contribution in [2.24, 2.45) is 0 Å². The normalized spacial score (nSPS) is 15.7. The number of rotatable bonds is 2. The van der Waals surface area contributed by atoms with Crippen LogP contribution in [0.15, 0.2) is 11.7 Å². The van der Waals surface area contributed by atoms with E-state index in [1.54, 1.807) is 6.92 Å². The van der Waals surface area contributed by atoms with Gasteiger partial charge in [-0.1, -0.05) is 0 Å². The van der Waals surface area contributed by atoms with Crippen LogP contribution in [0, 0.1) is 0 Å². The molecule has 1 rings (SSSR count). The quantitative estimate of drug-likeness (QED) is 0.287. The van der Waals surface area contributed by atoms with E-state index in [0.717, 1.165) is 0 Å². The molecule has 0 aromatic heterocycles. The molecule has 74 valence electrons. The largest absolute Gasteiger partial charge is 0.524 e. The maximum absolute atomic E-state index is 10.2. The molecule has 0 atom stereocenters. The molecule has 13 heavy (non-hydrogen) atoms. The second-order valence-electron chi connectivity index (χ2n) is 3.58. The van der Waals surface area contributed by atoms with E-state index in [4.69, 9.17) is 9.78 Å². The van der Waals surface area contributed by atoms with Crippen molar-refractivity contribution in [3.05, 3.63) is 11.7 Å². The summed E-state index contributed by atoms with van der Waals surface area (Å²) in [6.45, 7) is 7.07. The van der Waals surface area contributed by atoms with Gasteiger partial charge < -0.3 is 14.4 Å². The maximum atomic E-state index is 10.2. The number of ether oxygens (including phenoxy) is 2. The molecule has 0 bridgehead atoms. The number of carbonyl (C=O) groups excluding carboxylic acids is 1. The van der Waals surface area contributed by atoms with E-state index in [1.165, 1.54) is 0 Å². The smallest absolute Gasteiger partial charge is 0.357 e. The summed E-state index contributed by atoms with van der Waals surface area (Å²) in [6, 6.07) is 0. The Morgan fingerprint density at radius 1 is 1.31 bits per heavy atom. The van der Waals surface area contributed by atoms with Gasteiger partial charge in [-0.15, -0.1) is 0 Å². The highest BCUT2D eigenvalue weighted by atomic mass is 17.2. The summed E-state index contributed by atoms with van der Waals surface area (Å²) in [4.78, 5) is 20.0. The van der Waals surface area contributed by atoms with Crippen LogP contribution < -0.4 is 0 Å². The van der Waals surface area contributed by atoms with Gasteiger partial charge in [-0.05, 0) is 20.8 Å². The zero-order valence-corrected chi connectivity index (χ0v) is 8.04. The van der Waals surface area contributed by atoms with Crippen molar-refractivity contribution in [2.45, 2.75) is 33.3 Å². The Labute approximate surface area is 76.1 Å². The van der Waals surface area contributed by atoms with Crippen LogP contribution >= 0.6 is 0 Å². The number of carbonyl (C=O) groups is 1. The number of cyclic esters (lactones) is 2. The lowest BCUT2D eigenvalue weighted by molar-refractivity contribution is -0.325. The molecule has 0 aliphatic carbocycles. The molecule has 1 fully saturated rings. The Balaban J connectivity index is 2.38. The minimum Gasteiger partial charge on any atom is -0.357 e. The van der Waals surface area contributed by atoms with Gasteiger partial charge in [-0.25, -0.2) is 4.79 Å². The van der Waals surface area contributed by atoms with Gasteiger partial charge in [0, 0.05) is 6.92 Å². The minimum atomic E-state index is -0.728. The number of hydrogen-bond donors (Lipinski definition) is 0. The van der Waals surface area contributed by atoms with Crippen LogP contribution in [0.1, 0.15) is 27.7 Å². The average molecular weight is 188 g/mol. The van der Waals surface area contributed by atoms with Crippen LogP contribution in [0.5, 0.6) is 0 Å². The van der Waals surface area contributed by atoms with Gasteiger partial charge in [0.1, 0.15) is 5.60 Å². The molecule has 1 aliphatic heterocycles. The van der Waals surface area contributed by atoms with Crippen molar-refractivity contribution in [2.75, 3.05) is 0 Å². The molecule has 1 saturated heterocycles. The number of hydrogen-bond acceptors (Lipinski definition) is 5. The molecule has 5 heteroatoms. The summed E-state index contributed by atoms with van der Waals surface area (Å²) in [5, 5.41) is 0. The van der Waals surface area contributed by atoms with E-state index in [0.29, 0.717) is 0 Å². The fourth-order valence-electron chi connectivity index (χ4n) is 0.524. The maximum Gasteiger partial charge on any atom is 0.524 e. The highest BCUT2D eigenvalue weighted by molar-refractivity contribution is 5.67. The Hall–Kier alpha value is -1.23. The van der Waals surface area contributed by atoms with E-state index in [-0.39, 0.29) is 11.7 Å². The first kappa shape index (κ1) is 9.85. The molecule has 0 aromatic rings. The van der Waals surface area contributed by atoms with Crippen molar-refractivity contribution in [1.29, 1.82) is 0 Å². The molecular formula is C8H12O5. The van der Waals surface area contributed by atoms with Crippen LogP contribution in [0.25, 0.3) is 0 Å². The fraction of sp³-hybridized carbons (Fsp3) is 0.625. The summed E-state index contributed by atoms with van der Waals surface area (Å²) in [5.74, 6) is 0.337. The second kappa shape index (κ2) is 3.26. The molecule has 0 amide bonds. The molecule has 1 heterocycles. The van der Waals surface area contributed by atoms with E-state index >= 15 is 0 Å². The first-order valence-electron chi connectivity index (χ1n) is 3.85. The molecular weight excluding hydrogens is 176 g/mol. The predicted octanol–water partition coefficient (Wildman–Crippen LogP) is 2.09. The monoisotopic (exact) mass is 188 g/mol. The van der Waals surface area contributed by atoms with Gasteiger partial charge in [0.05, 0.1) is 0 Å². The minimum absolute atomic E-state index is 0.0502. The first-order chi connectivity index (χ1) is 5.88. The first-order valence-corrected chi connectivity index (χ1v) is 3.85. The SMILES string of the molecule is CC(OOC(C)(C)C)=C1OC(=O)O1. The summed E-state index contributed by atoms with van der Waals surface area (Å²) < 4.78 is 8.96. The lowest BCUT2D eigenvalue weighted by atomic mass is 10.2. The lowest BCUT2D eigenvalue weighted by Crippen LogP contribution is -2.24. The second-order valence-corrected chi connectivity index (χ2v) is 3.58. The molecule has 1 aliphatic rings. The molecule has 0 unspecified atom stereocenters. The van der Waals surface area contributed by atoms with Crippen LogP contribution in [-0.2, 0) is 19.2 Å². The van der Waals surface area contributed by atoms with Gasteiger partial charge in [-0.3, -0.25) is 0 Å². The van der Waals surface area contributed by atoms with Crippen molar-refractivity contribution < 1.29 is 24.0 Å². The van der Waals surface area contributed by atoms with Crippen molar-refractivity contribution in [1.82, 2.24) is 0 Å². The van der Waals surface area contributed by atoms with Gasteiger partial charge in [0.25, 0.3) is 0 Å². The summed E-state index contributed by atoms with van der Waals surface area (Å²) >= 11 is 0.